The summed E-state index contributed by atoms with van der Waals surface area (Å²) in [7, 11) is 0. The standard InChI is InChI=1S/C16H18N2O5/c1-3-21-12-6-4-5-7-13(12)22-10-15(19)17-18-16(20)14-9-8-11(2)23-14/h4-9H,3,10H2,1-2H3,(H,17,19)(H,18,20). The van der Waals surface area contributed by atoms with E-state index in [1.165, 1.54) is 6.07 Å². The van der Waals surface area contributed by atoms with Gasteiger partial charge in [0.05, 0.1) is 6.61 Å². The lowest BCUT2D eigenvalue weighted by Crippen LogP contribution is -2.43. The zero-order chi connectivity index (χ0) is 16.7. The fraction of sp³-hybridized carbons (Fsp3) is 0.250. The SMILES string of the molecule is CCOc1ccccc1OCC(=O)NNC(=O)c1ccc(C)o1. The molecule has 2 rings (SSSR count). The average molecular weight is 318 g/mol. The van der Waals surface area contributed by atoms with Gasteiger partial charge in [0.25, 0.3) is 5.91 Å². The van der Waals surface area contributed by atoms with Gasteiger partial charge in [-0.15, -0.1) is 0 Å². The number of hydrogen-bond acceptors (Lipinski definition) is 5. The maximum atomic E-state index is 11.7. The fourth-order valence-electron chi connectivity index (χ4n) is 1.77. The maximum absolute atomic E-state index is 11.7. The summed E-state index contributed by atoms with van der Waals surface area (Å²) in [6.45, 7) is 3.81. The Morgan fingerprint density at radius 3 is 2.35 bits per heavy atom. The van der Waals surface area contributed by atoms with Gasteiger partial charge in [-0.3, -0.25) is 20.4 Å². The van der Waals surface area contributed by atoms with Gasteiger partial charge in [0, 0.05) is 0 Å². The Hall–Kier alpha value is -2.96. The molecule has 0 spiro atoms. The van der Waals surface area contributed by atoms with Gasteiger partial charge in [0.1, 0.15) is 5.76 Å². The van der Waals surface area contributed by atoms with Gasteiger partial charge >= 0.3 is 5.91 Å². The van der Waals surface area contributed by atoms with Crippen molar-refractivity contribution in [2.24, 2.45) is 0 Å². The summed E-state index contributed by atoms with van der Waals surface area (Å²) in [6, 6.07) is 10.2. The Labute approximate surface area is 133 Å². The van der Waals surface area contributed by atoms with Crippen LogP contribution in [0.5, 0.6) is 11.5 Å². The van der Waals surface area contributed by atoms with E-state index >= 15 is 0 Å². The summed E-state index contributed by atoms with van der Waals surface area (Å²) < 4.78 is 15.9. The van der Waals surface area contributed by atoms with Crippen LogP contribution < -0.4 is 20.3 Å². The molecule has 2 aromatic rings. The maximum Gasteiger partial charge on any atom is 0.305 e. The largest absolute Gasteiger partial charge is 0.490 e. The van der Waals surface area contributed by atoms with Gasteiger partial charge in [-0.1, -0.05) is 12.1 Å². The lowest BCUT2D eigenvalue weighted by molar-refractivity contribution is -0.123. The molecule has 7 nitrogen and oxygen atoms in total. The van der Waals surface area contributed by atoms with Crippen molar-refractivity contribution in [2.45, 2.75) is 13.8 Å². The molecule has 0 saturated heterocycles. The van der Waals surface area contributed by atoms with Gasteiger partial charge < -0.3 is 13.9 Å². The predicted molar refractivity (Wildman–Crippen MR) is 82.2 cm³/mol. The summed E-state index contributed by atoms with van der Waals surface area (Å²) in [5.41, 5.74) is 4.49. The number of para-hydroxylation sites is 2. The number of aryl methyl sites for hydroxylation is 1. The zero-order valence-electron chi connectivity index (χ0n) is 12.9. The lowest BCUT2D eigenvalue weighted by Gasteiger charge is -2.11. The van der Waals surface area contributed by atoms with Crippen LogP contribution in [0.15, 0.2) is 40.8 Å². The monoisotopic (exact) mass is 318 g/mol. The second kappa shape index (κ2) is 7.88. The third kappa shape index (κ3) is 4.77. The number of benzene rings is 1. The number of hydrogen-bond donors (Lipinski definition) is 2. The van der Waals surface area contributed by atoms with Crippen LogP contribution in [0.25, 0.3) is 0 Å². The predicted octanol–water partition coefficient (Wildman–Crippen LogP) is 1.83. The van der Waals surface area contributed by atoms with E-state index in [2.05, 4.69) is 10.9 Å². The number of ether oxygens (including phenoxy) is 2. The third-order valence-electron chi connectivity index (χ3n) is 2.79. The van der Waals surface area contributed by atoms with Crippen LogP contribution in [-0.4, -0.2) is 25.0 Å². The smallest absolute Gasteiger partial charge is 0.305 e. The third-order valence-corrected chi connectivity index (χ3v) is 2.79. The van der Waals surface area contributed by atoms with E-state index in [1.807, 2.05) is 13.0 Å². The molecule has 0 fully saturated rings. The summed E-state index contributed by atoms with van der Waals surface area (Å²) in [6.07, 6.45) is 0. The number of amides is 2. The van der Waals surface area contributed by atoms with Gasteiger partial charge in [-0.2, -0.15) is 0 Å². The normalized spacial score (nSPS) is 10.0. The van der Waals surface area contributed by atoms with Crippen LogP contribution in [-0.2, 0) is 4.79 Å². The van der Waals surface area contributed by atoms with Crippen molar-refractivity contribution in [2.75, 3.05) is 13.2 Å². The number of rotatable bonds is 6. The Kier molecular flexibility index (Phi) is 5.62. The Morgan fingerprint density at radius 1 is 1.04 bits per heavy atom. The summed E-state index contributed by atoms with van der Waals surface area (Å²) >= 11 is 0. The lowest BCUT2D eigenvalue weighted by atomic mass is 10.3. The molecule has 1 aromatic heterocycles. The van der Waals surface area contributed by atoms with E-state index in [4.69, 9.17) is 13.9 Å². The molecule has 0 unspecified atom stereocenters. The summed E-state index contributed by atoms with van der Waals surface area (Å²) in [4.78, 5) is 23.4. The highest BCUT2D eigenvalue weighted by Gasteiger charge is 2.12. The first-order valence-corrected chi connectivity index (χ1v) is 7.10. The number of nitrogens with one attached hydrogen (secondary N) is 2. The molecular weight excluding hydrogens is 300 g/mol. The van der Waals surface area contributed by atoms with Crippen LogP contribution in [0, 0.1) is 6.92 Å². The van der Waals surface area contributed by atoms with E-state index in [0.717, 1.165) is 0 Å². The summed E-state index contributed by atoms with van der Waals surface area (Å²) in [5, 5.41) is 0. The molecule has 0 atom stereocenters. The van der Waals surface area contributed by atoms with E-state index in [9.17, 15) is 9.59 Å². The summed E-state index contributed by atoms with van der Waals surface area (Å²) in [5.74, 6) is 0.687. The minimum absolute atomic E-state index is 0.116. The van der Waals surface area contributed by atoms with E-state index in [0.29, 0.717) is 23.9 Å². The van der Waals surface area contributed by atoms with E-state index < -0.39 is 11.8 Å². The molecule has 7 heteroatoms. The fourth-order valence-corrected chi connectivity index (χ4v) is 1.77. The van der Waals surface area contributed by atoms with Crippen LogP contribution in [0.3, 0.4) is 0 Å². The minimum Gasteiger partial charge on any atom is -0.490 e. The van der Waals surface area contributed by atoms with Crippen molar-refractivity contribution in [3.8, 4) is 11.5 Å². The Balaban J connectivity index is 1.80. The quantitative estimate of drug-likeness (QED) is 0.793. The van der Waals surface area contributed by atoms with Gasteiger partial charge in [0.15, 0.2) is 23.9 Å². The number of carbonyl (C=O) groups excluding carboxylic acids is 2. The molecule has 23 heavy (non-hydrogen) atoms. The molecule has 1 heterocycles. The van der Waals surface area contributed by atoms with Crippen molar-refractivity contribution in [3.63, 3.8) is 0 Å². The Bertz CT molecular complexity index is 681. The first-order valence-electron chi connectivity index (χ1n) is 7.10. The first-order chi connectivity index (χ1) is 11.1. The van der Waals surface area contributed by atoms with Crippen molar-refractivity contribution in [3.05, 3.63) is 47.9 Å². The van der Waals surface area contributed by atoms with Crippen LogP contribution >= 0.6 is 0 Å². The molecule has 1 aromatic carbocycles. The number of carbonyl (C=O) groups is 2. The van der Waals surface area contributed by atoms with Gasteiger partial charge in [-0.25, -0.2) is 0 Å². The van der Waals surface area contributed by atoms with Crippen molar-refractivity contribution >= 4 is 11.8 Å². The van der Waals surface area contributed by atoms with Gasteiger partial charge in [-0.05, 0) is 38.1 Å². The highest BCUT2D eigenvalue weighted by Crippen LogP contribution is 2.26. The van der Waals surface area contributed by atoms with E-state index in [1.54, 1.807) is 31.2 Å². The van der Waals surface area contributed by atoms with Crippen molar-refractivity contribution in [1.82, 2.24) is 10.9 Å². The molecule has 0 aliphatic heterocycles. The molecular formula is C16H18N2O5. The molecule has 0 saturated carbocycles. The first kappa shape index (κ1) is 16.4. The van der Waals surface area contributed by atoms with Gasteiger partial charge in [0.2, 0.25) is 0 Å². The molecule has 0 bridgehead atoms. The topological polar surface area (TPSA) is 89.8 Å². The van der Waals surface area contributed by atoms with Crippen molar-refractivity contribution < 1.29 is 23.5 Å². The second-order valence-electron chi connectivity index (χ2n) is 4.58. The number of furan rings is 1. The highest BCUT2D eigenvalue weighted by molar-refractivity contribution is 5.93. The Morgan fingerprint density at radius 2 is 1.74 bits per heavy atom. The average Bonchev–Trinajstić information content (AvgIpc) is 2.98. The minimum atomic E-state index is -0.541. The molecule has 0 radical (unpaired) electrons. The van der Waals surface area contributed by atoms with Crippen LogP contribution in [0.2, 0.25) is 0 Å². The molecule has 0 aliphatic rings. The molecule has 0 aliphatic carbocycles. The molecule has 2 amide bonds. The zero-order valence-corrected chi connectivity index (χ0v) is 12.9. The second-order valence-corrected chi connectivity index (χ2v) is 4.58. The van der Waals surface area contributed by atoms with Crippen LogP contribution in [0.1, 0.15) is 23.2 Å². The molecule has 122 valence electrons. The highest BCUT2D eigenvalue weighted by atomic mass is 16.5. The van der Waals surface area contributed by atoms with E-state index in [-0.39, 0.29) is 12.4 Å². The number of hydrazine groups is 1. The van der Waals surface area contributed by atoms with Crippen molar-refractivity contribution in [1.29, 1.82) is 0 Å². The van der Waals surface area contributed by atoms with Crippen LogP contribution in [0.4, 0.5) is 0 Å². The molecule has 2 N–H and O–H groups in total.